The number of carbonyl (C=O) groups is 1. The molecule has 0 radical (unpaired) electrons. The minimum atomic E-state index is -5.22. The first-order chi connectivity index (χ1) is 18.6. The standard InChI is InChI=1S/C25H16F6N2O5S2/c1-38-20-11-16(23(34)35)7-9-19(20)33-40(36,37)21-12-32-22(39-21)14-4-2-13(3-5-14)15-6-8-17(24(26,27)28)18(10-15)25(29,30)31/h2-12,33H,1H3,(H,34,35). The summed E-state index contributed by atoms with van der Waals surface area (Å²) in [4.78, 5) is 15.2. The second-order valence-electron chi connectivity index (χ2n) is 8.14. The number of rotatable bonds is 7. The van der Waals surface area contributed by atoms with E-state index >= 15 is 0 Å². The monoisotopic (exact) mass is 602 g/mol. The number of alkyl halides is 6. The number of methoxy groups -OCH3 is 1. The molecule has 0 amide bonds. The number of nitrogens with one attached hydrogen (secondary N) is 1. The van der Waals surface area contributed by atoms with Crippen LogP contribution in [0.5, 0.6) is 5.75 Å². The second-order valence-corrected chi connectivity index (χ2v) is 11.1. The predicted octanol–water partition coefficient (Wildman–Crippen LogP) is 7.02. The van der Waals surface area contributed by atoms with Crippen molar-refractivity contribution in [3.05, 3.63) is 83.6 Å². The lowest BCUT2D eigenvalue weighted by Gasteiger charge is -2.16. The first kappa shape index (κ1) is 28.9. The Morgan fingerprint density at radius 2 is 1.48 bits per heavy atom. The number of ether oxygens (including phenoxy) is 1. The zero-order valence-corrected chi connectivity index (χ0v) is 21.6. The van der Waals surface area contributed by atoms with Crippen LogP contribution in [-0.4, -0.2) is 31.6 Å². The van der Waals surface area contributed by atoms with Crippen molar-refractivity contribution in [2.75, 3.05) is 11.8 Å². The van der Waals surface area contributed by atoms with E-state index in [1.807, 2.05) is 0 Å². The Balaban J connectivity index is 1.59. The number of thiazole rings is 1. The minimum Gasteiger partial charge on any atom is -0.495 e. The number of halogens is 6. The molecule has 0 saturated carbocycles. The van der Waals surface area contributed by atoms with Crippen molar-refractivity contribution in [2.24, 2.45) is 0 Å². The quantitative estimate of drug-likeness (QED) is 0.220. The molecule has 0 saturated heterocycles. The highest BCUT2D eigenvalue weighted by molar-refractivity contribution is 7.94. The summed E-state index contributed by atoms with van der Waals surface area (Å²) in [6, 6.07) is 10.9. The molecule has 4 aromatic rings. The maximum absolute atomic E-state index is 13.3. The third-order valence-electron chi connectivity index (χ3n) is 5.54. The number of hydrogen-bond donors (Lipinski definition) is 2. The predicted molar refractivity (Wildman–Crippen MR) is 134 cm³/mol. The molecule has 0 atom stereocenters. The largest absolute Gasteiger partial charge is 0.495 e. The molecule has 7 nitrogen and oxygen atoms in total. The van der Waals surface area contributed by atoms with Gasteiger partial charge in [-0.05, 0) is 41.5 Å². The molecule has 3 aromatic carbocycles. The van der Waals surface area contributed by atoms with Gasteiger partial charge in [-0.2, -0.15) is 26.3 Å². The highest BCUT2D eigenvalue weighted by Gasteiger charge is 2.43. The third-order valence-corrected chi connectivity index (χ3v) is 8.41. The van der Waals surface area contributed by atoms with Crippen LogP contribution in [0, 0.1) is 0 Å². The van der Waals surface area contributed by atoms with Crippen molar-refractivity contribution in [1.29, 1.82) is 0 Å². The number of carboxylic acids is 1. The van der Waals surface area contributed by atoms with E-state index in [0.29, 0.717) is 17.7 Å². The van der Waals surface area contributed by atoms with Gasteiger partial charge in [-0.25, -0.2) is 18.2 Å². The fraction of sp³-hybridized carbons (Fsp3) is 0.120. The lowest BCUT2D eigenvalue weighted by molar-refractivity contribution is -0.162. The van der Waals surface area contributed by atoms with Crippen LogP contribution in [0.2, 0.25) is 0 Å². The maximum atomic E-state index is 13.3. The molecule has 0 aliphatic carbocycles. The molecule has 1 aromatic heterocycles. The van der Waals surface area contributed by atoms with E-state index in [4.69, 9.17) is 9.84 Å². The fourth-order valence-electron chi connectivity index (χ4n) is 3.63. The number of aromatic carboxylic acids is 1. The fourth-order valence-corrected chi connectivity index (χ4v) is 5.84. The second kappa shape index (κ2) is 10.5. The summed E-state index contributed by atoms with van der Waals surface area (Å²) in [5.74, 6) is -1.26. The van der Waals surface area contributed by atoms with Gasteiger partial charge in [-0.3, -0.25) is 4.72 Å². The van der Waals surface area contributed by atoms with Gasteiger partial charge in [0.25, 0.3) is 10.0 Å². The van der Waals surface area contributed by atoms with Crippen LogP contribution >= 0.6 is 11.3 Å². The first-order valence-electron chi connectivity index (χ1n) is 10.9. The van der Waals surface area contributed by atoms with Crippen LogP contribution < -0.4 is 9.46 Å². The lowest BCUT2D eigenvalue weighted by atomic mass is 9.98. The van der Waals surface area contributed by atoms with Crippen molar-refractivity contribution in [3.8, 4) is 27.4 Å². The van der Waals surface area contributed by atoms with Crippen molar-refractivity contribution < 1.29 is 49.4 Å². The summed E-state index contributed by atoms with van der Waals surface area (Å²) in [5, 5.41) is 9.34. The van der Waals surface area contributed by atoms with Crippen molar-refractivity contribution in [1.82, 2.24) is 4.98 Å². The summed E-state index contributed by atoms with van der Waals surface area (Å²) in [6.07, 6.45) is -9.32. The van der Waals surface area contributed by atoms with Gasteiger partial charge in [0.1, 0.15) is 10.8 Å². The zero-order chi connectivity index (χ0) is 29.5. The normalized spacial score (nSPS) is 12.3. The highest BCUT2D eigenvalue weighted by Crippen LogP contribution is 2.42. The molecule has 210 valence electrons. The topological polar surface area (TPSA) is 106 Å². The molecule has 0 spiro atoms. The Morgan fingerprint density at radius 3 is 2.05 bits per heavy atom. The molecule has 0 unspecified atom stereocenters. The molecular weight excluding hydrogens is 586 g/mol. The van der Waals surface area contributed by atoms with Gasteiger partial charge in [0, 0.05) is 5.56 Å². The van der Waals surface area contributed by atoms with Gasteiger partial charge in [0.2, 0.25) is 0 Å². The van der Waals surface area contributed by atoms with Gasteiger partial charge in [-0.1, -0.05) is 30.3 Å². The summed E-state index contributed by atoms with van der Waals surface area (Å²) in [5.41, 5.74) is -3.22. The van der Waals surface area contributed by atoms with Gasteiger partial charge in [0.15, 0.2) is 4.21 Å². The lowest BCUT2D eigenvalue weighted by Crippen LogP contribution is -2.16. The Bertz CT molecular complexity index is 1680. The van der Waals surface area contributed by atoms with Crippen LogP contribution in [-0.2, 0) is 22.4 Å². The number of sulfonamides is 1. The van der Waals surface area contributed by atoms with E-state index in [2.05, 4.69) is 9.71 Å². The van der Waals surface area contributed by atoms with Crippen molar-refractivity contribution in [3.63, 3.8) is 0 Å². The molecule has 0 aliphatic heterocycles. The molecule has 0 aliphatic rings. The van der Waals surface area contributed by atoms with E-state index in [-0.39, 0.29) is 37.3 Å². The highest BCUT2D eigenvalue weighted by atomic mass is 32.2. The van der Waals surface area contributed by atoms with E-state index in [1.165, 1.54) is 43.5 Å². The van der Waals surface area contributed by atoms with Crippen LogP contribution in [0.3, 0.4) is 0 Å². The molecule has 2 N–H and O–H groups in total. The maximum Gasteiger partial charge on any atom is 0.417 e. The smallest absolute Gasteiger partial charge is 0.417 e. The number of carboxylic acid groups (broad SMARTS) is 1. The molecule has 0 fully saturated rings. The number of benzene rings is 3. The van der Waals surface area contributed by atoms with E-state index in [1.54, 1.807) is 0 Å². The summed E-state index contributed by atoms with van der Waals surface area (Å²) >= 11 is 0.776. The number of hydrogen-bond acceptors (Lipinski definition) is 6. The molecule has 4 rings (SSSR count). The Labute approximate surface area is 226 Å². The number of aromatic nitrogens is 1. The van der Waals surface area contributed by atoms with E-state index in [0.717, 1.165) is 29.7 Å². The summed E-state index contributed by atoms with van der Waals surface area (Å²) in [7, 11) is -2.93. The van der Waals surface area contributed by atoms with Gasteiger partial charge >= 0.3 is 18.3 Å². The molecular formula is C25H16F6N2O5S2. The average Bonchev–Trinajstić information content (AvgIpc) is 3.39. The SMILES string of the molecule is COc1cc(C(=O)O)ccc1NS(=O)(=O)c1cnc(-c2ccc(-c3ccc(C(F)(F)F)c(C(F)(F)F)c3)cc2)s1. The molecule has 1 heterocycles. The number of anilines is 1. The van der Waals surface area contributed by atoms with Crippen LogP contribution in [0.25, 0.3) is 21.7 Å². The van der Waals surface area contributed by atoms with Gasteiger partial charge < -0.3 is 9.84 Å². The van der Waals surface area contributed by atoms with E-state index in [9.17, 15) is 39.6 Å². The Kier molecular flexibility index (Phi) is 7.56. The van der Waals surface area contributed by atoms with Crippen molar-refractivity contribution >= 4 is 33.0 Å². The zero-order valence-electron chi connectivity index (χ0n) is 20.0. The Morgan fingerprint density at radius 1 is 0.875 bits per heavy atom. The third kappa shape index (κ3) is 6.04. The molecule has 40 heavy (non-hydrogen) atoms. The van der Waals surface area contributed by atoms with Gasteiger partial charge in [0.05, 0.1) is 35.7 Å². The summed E-state index contributed by atoms with van der Waals surface area (Å²) < 4.78 is 112. The van der Waals surface area contributed by atoms with Crippen molar-refractivity contribution in [2.45, 2.75) is 16.6 Å². The molecule has 15 heteroatoms. The summed E-state index contributed by atoms with van der Waals surface area (Å²) in [6.45, 7) is 0. The van der Waals surface area contributed by atoms with Gasteiger partial charge in [-0.15, -0.1) is 11.3 Å². The van der Waals surface area contributed by atoms with Crippen LogP contribution in [0.15, 0.2) is 71.1 Å². The average molecular weight is 603 g/mol. The minimum absolute atomic E-state index is 0.0124. The first-order valence-corrected chi connectivity index (χ1v) is 13.2. The molecule has 0 bridgehead atoms. The van der Waals surface area contributed by atoms with E-state index < -0.39 is 39.5 Å². The van der Waals surface area contributed by atoms with Crippen LogP contribution in [0.1, 0.15) is 21.5 Å². The Hall–Kier alpha value is -4.11. The number of nitrogens with zero attached hydrogens (tertiary/aromatic N) is 1. The van der Waals surface area contributed by atoms with Crippen LogP contribution in [0.4, 0.5) is 32.0 Å².